The lowest BCUT2D eigenvalue weighted by atomic mass is 9.94. The molecule has 1 aliphatic heterocycles. The molecule has 1 aliphatic rings. The van der Waals surface area contributed by atoms with Gasteiger partial charge in [-0.2, -0.15) is 0 Å². The number of para-hydroxylation sites is 1. The van der Waals surface area contributed by atoms with E-state index in [1.54, 1.807) is 0 Å². The van der Waals surface area contributed by atoms with Gasteiger partial charge in [0.1, 0.15) is 5.75 Å². The van der Waals surface area contributed by atoms with Crippen LogP contribution in [0.2, 0.25) is 0 Å². The van der Waals surface area contributed by atoms with Crippen molar-refractivity contribution in [3.63, 3.8) is 0 Å². The van der Waals surface area contributed by atoms with Crippen molar-refractivity contribution in [2.45, 2.75) is 19.4 Å². The topological polar surface area (TPSA) is 37.0 Å². The van der Waals surface area contributed by atoms with Crippen LogP contribution >= 0.6 is 0 Å². The molecular weight excluding hydrogens is 272 g/mol. The van der Waals surface area contributed by atoms with Gasteiger partial charge in [0, 0.05) is 23.1 Å². The molecule has 3 aromatic rings. The number of benzene rings is 2. The molecule has 3 heteroatoms. The van der Waals surface area contributed by atoms with Gasteiger partial charge in [0.2, 0.25) is 0 Å². The SMILES string of the molecule is CCOc1ccc([C@@H]2NCCc3c2[nH]c2ccccc32)cc1. The van der Waals surface area contributed by atoms with E-state index in [1.165, 1.54) is 27.7 Å². The Kier molecular flexibility index (Phi) is 3.35. The van der Waals surface area contributed by atoms with Crippen LogP contribution in [0.4, 0.5) is 0 Å². The van der Waals surface area contributed by atoms with Crippen LogP contribution in [-0.2, 0) is 6.42 Å². The van der Waals surface area contributed by atoms with Gasteiger partial charge < -0.3 is 15.0 Å². The van der Waals surface area contributed by atoms with E-state index in [-0.39, 0.29) is 6.04 Å². The fourth-order valence-electron chi connectivity index (χ4n) is 3.39. The van der Waals surface area contributed by atoms with Crippen molar-refractivity contribution < 1.29 is 4.74 Å². The molecule has 0 fully saturated rings. The lowest BCUT2D eigenvalue weighted by Gasteiger charge is -2.25. The van der Waals surface area contributed by atoms with Crippen molar-refractivity contribution in [1.29, 1.82) is 0 Å². The average Bonchev–Trinajstić information content (AvgIpc) is 2.95. The van der Waals surface area contributed by atoms with Crippen LogP contribution in [0.5, 0.6) is 5.75 Å². The Morgan fingerprint density at radius 3 is 2.73 bits per heavy atom. The Hall–Kier alpha value is -2.26. The minimum Gasteiger partial charge on any atom is -0.494 e. The second-order valence-corrected chi connectivity index (χ2v) is 5.70. The van der Waals surface area contributed by atoms with Gasteiger partial charge in [0.15, 0.2) is 0 Å². The minimum absolute atomic E-state index is 0.229. The highest BCUT2D eigenvalue weighted by atomic mass is 16.5. The van der Waals surface area contributed by atoms with Gasteiger partial charge in [-0.15, -0.1) is 0 Å². The number of fused-ring (bicyclic) bond motifs is 3. The number of nitrogens with one attached hydrogen (secondary N) is 2. The lowest BCUT2D eigenvalue weighted by molar-refractivity contribution is 0.340. The van der Waals surface area contributed by atoms with E-state index < -0.39 is 0 Å². The number of aromatic nitrogens is 1. The maximum absolute atomic E-state index is 5.54. The quantitative estimate of drug-likeness (QED) is 0.770. The molecule has 22 heavy (non-hydrogen) atoms. The zero-order chi connectivity index (χ0) is 14.9. The highest BCUT2D eigenvalue weighted by Gasteiger charge is 2.24. The standard InChI is InChI=1S/C19H20N2O/c1-2-22-14-9-7-13(8-10-14)18-19-16(11-12-20-18)15-5-3-4-6-17(15)21-19/h3-10,18,20-21H,2,11-12H2,1H3/t18-/m0/s1. The van der Waals surface area contributed by atoms with Gasteiger partial charge in [0.05, 0.1) is 12.6 Å². The third-order valence-corrected chi connectivity index (χ3v) is 4.38. The number of ether oxygens (including phenoxy) is 1. The van der Waals surface area contributed by atoms with Crippen LogP contribution in [0, 0.1) is 0 Å². The lowest BCUT2D eigenvalue weighted by Crippen LogP contribution is -2.30. The van der Waals surface area contributed by atoms with Gasteiger partial charge in [0.25, 0.3) is 0 Å². The van der Waals surface area contributed by atoms with Gasteiger partial charge in [-0.1, -0.05) is 30.3 Å². The van der Waals surface area contributed by atoms with Crippen LogP contribution in [0.15, 0.2) is 48.5 Å². The summed E-state index contributed by atoms with van der Waals surface area (Å²) in [5.41, 5.74) is 5.26. The smallest absolute Gasteiger partial charge is 0.119 e. The highest BCUT2D eigenvalue weighted by molar-refractivity contribution is 5.85. The largest absolute Gasteiger partial charge is 0.494 e. The van der Waals surface area contributed by atoms with Crippen LogP contribution in [0.25, 0.3) is 10.9 Å². The summed E-state index contributed by atoms with van der Waals surface area (Å²) in [6.45, 7) is 3.72. The normalized spacial score (nSPS) is 17.4. The summed E-state index contributed by atoms with van der Waals surface area (Å²) in [4.78, 5) is 3.61. The predicted octanol–water partition coefficient (Wildman–Crippen LogP) is 3.80. The van der Waals surface area contributed by atoms with E-state index >= 15 is 0 Å². The molecule has 1 atom stereocenters. The molecule has 1 aromatic heterocycles. The molecule has 0 bridgehead atoms. The fraction of sp³-hybridized carbons (Fsp3) is 0.263. The average molecular weight is 292 g/mol. The summed E-state index contributed by atoms with van der Waals surface area (Å²) in [5.74, 6) is 0.930. The zero-order valence-electron chi connectivity index (χ0n) is 12.7. The fourth-order valence-corrected chi connectivity index (χ4v) is 3.39. The van der Waals surface area contributed by atoms with Crippen molar-refractivity contribution in [3.05, 3.63) is 65.4 Å². The summed E-state index contributed by atoms with van der Waals surface area (Å²) in [5, 5.41) is 4.99. The molecule has 0 saturated carbocycles. The van der Waals surface area contributed by atoms with Gasteiger partial charge in [-0.05, 0) is 42.7 Å². The molecule has 112 valence electrons. The summed E-state index contributed by atoms with van der Waals surface area (Å²) in [7, 11) is 0. The zero-order valence-corrected chi connectivity index (χ0v) is 12.7. The first-order valence-corrected chi connectivity index (χ1v) is 7.92. The molecular formula is C19H20N2O. The maximum Gasteiger partial charge on any atom is 0.119 e. The number of hydrogen-bond donors (Lipinski definition) is 2. The Morgan fingerprint density at radius 2 is 1.91 bits per heavy atom. The first kappa shape index (κ1) is 13.4. The number of aromatic amines is 1. The Labute approximate surface area is 130 Å². The van der Waals surface area contributed by atoms with Crippen LogP contribution in [0.1, 0.15) is 29.8 Å². The second-order valence-electron chi connectivity index (χ2n) is 5.70. The van der Waals surface area contributed by atoms with Crippen molar-refractivity contribution >= 4 is 10.9 Å². The van der Waals surface area contributed by atoms with Crippen LogP contribution in [0.3, 0.4) is 0 Å². The Morgan fingerprint density at radius 1 is 1.09 bits per heavy atom. The molecule has 0 amide bonds. The van der Waals surface area contributed by atoms with E-state index in [2.05, 4.69) is 58.8 Å². The summed E-state index contributed by atoms with van der Waals surface area (Å²) in [6, 6.07) is 17.2. The van der Waals surface area contributed by atoms with Crippen molar-refractivity contribution in [2.75, 3.05) is 13.2 Å². The van der Waals surface area contributed by atoms with Gasteiger partial charge in [-0.25, -0.2) is 0 Å². The molecule has 2 aromatic carbocycles. The second kappa shape index (κ2) is 5.50. The van der Waals surface area contributed by atoms with Crippen molar-refractivity contribution in [3.8, 4) is 5.75 Å². The molecule has 0 aliphatic carbocycles. The third-order valence-electron chi connectivity index (χ3n) is 4.38. The molecule has 4 rings (SSSR count). The molecule has 2 heterocycles. The molecule has 0 spiro atoms. The van der Waals surface area contributed by atoms with Crippen molar-refractivity contribution in [1.82, 2.24) is 10.3 Å². The van der Waals surface area contributed by atoms with E-state index in [0.29, 0.717) is 6.61 Å². The van der Waals surface area contributed by atoms with E-state index in [4.69, 9.17) is 4.74 Å². The van der Waals surface area contributed by atoms with Gasteiger partial charge in [-0.3, -0.25) is 0 Å². The predicted molar refractivity (Wildman–Crippen MR) is 89.5 cm³/mol. The van der Waals surface area contributed by atoms with E-state index in [0.717, 1.165) is 18.7 Å². The molecule has 0 unspecified atom stereocenters. The summed E-state index contributed by atoms with van der Waals surface area (Å²) >= 11 is 0. The summed E-state index contributed by atoms with van der Waals surface area (Å²) in [6.07, 6.45) is 1.08. The molecule has 2 N–H and O–H groups in total. The molecule has 0 radical (unpaired) electrons. The van der Waals surface area contributed by atoms with Crippen LogP contribution in [-0.4, -0.2) is 18.1 Å². The van der Waals surface area contributed by atoms with E-state index in [1.807, 2.05) is 6.92 Å². The van der Waals surface area contributed by atoms with Gasteiger partial charge >= 0.3 is 0 Å². The number of H-pyrrole nitrogens is 1. The van der Waals surface area contributed by atoms with Crippen molar-refractivity contribution in [2.24, 2.45) is 0 Å². The molecule has 0 saturated heterocycles. The maximum atomic E-state index is 5.54. The van der Waals surface area contributed by atoms with E-state index in [9.17, 15) is 0 Å². The van der Waals surface area contributed by atoms with Crippen LogP contribution < -0.4 is 10.1 Å². The minimum atomic E-state index is 0.229. The number of rotatable bonds is 3. The Bertz CT molecular complexity index is 789. The summed E-state index contributed by atoms with van der Waals surface area (Å²) < 4.78 is 5.54. The first-order valence-electron chi connectivity index (χ1n) is 7.92. The molecule has 3 nitrogen and oxygen atoms in total. The first-order chi connectivity index (χ1) is 10.9. The number of hydrogen-bond acceptors (Lipinski definition) is 2. The monoisotopic (exact) mass is 292 g/mol. The third kappa shape index (κ3) is 2.18. The highest BCUT2D eigenvalue weighted by Crippen LogP contribution is 2.33. The Balaban J connectivity index is 1.75.